The number of esters is 1. The van der Waals surface area contributed by atoms with E-state index in [-0.39, 0.29) is 23.4 Å². The number of nitro benzene ring substituents is 1. The maximum Gasteiger partial charge on any atom is 0.340 e. The van der Waals surface area contributed by atoms with E-state index in [1.807, 2.05) is 12.1 Å². The van der Waals surface area contributed by atoms with Gasteiger partial charge in [-0.05, 0) is 24.6 Å². The molecule has 2 heterocycles. The zero-order valence-electron chi connectivity index (χ0n) is 17.1. The van der Waals surface area contributed by atoms with Crippen molar-refractivity contribution in [2.75, 3.05) is 5.32 Å². The van der Waals surface area contributed by atoms with Crippen LogP contribution in [-0.4, -0.2) is 25.5 Å². The minimum Gasteiger partial charge on any atom is -0.455 e. The predicted octanol–water partition coefficient (Wildman–Crippen LogP) is 3.99. The van der Waals surface area contributed by atoms with Crippen molar-refractivity contribution in [1.82, 2.24) is 14.6 Å². The van der Waals surface area contributed by atoms with Crippen LogP contribution in [0.4, 0.5) is 11.4 Å². The molecule has 0 radical (unpaired) electrons. The number of aryl methyl sites for hydroxylation is 1. The van der Waals surface area contributed by atoms with Crippen LogP contribution in [0.2, 0.25) is 5.02 Å². The number of nitro groups is 1. The molecule has 4 aromatic rings. The molecule has 0 unspecified atom stereocenters. The summed E-state index contributed by atoms with van der Waals surface area (Å²) in [4.78, 5) is 40.1. The molecule has 4 rings (SSSR count). The Balaban J connectivity index is 1.55. The van der Waals surface area contributed by atoms with Crippen molar-refractivity contribution < 1.29 is 14.5 Å². The average Bonchev–Trinajstić information content (AvgIpc) is 3.20. The number of hydrogen-bond acceptors (Lipinski definition) is 9. The number of nitrogens with one attached hydrogen (secondary N) is 1. The minimum atomic E-state index is -0.781. The van der Waals surface area contributed by atoms with Gasteiger partial charge in [0.05, 0.1) is 10.5 Å². The number of ether oxygens (including phenoxy) is 1. The van der Waals surface area contributed by atoms with Gasteiger partial charge in [0, 0.05) is 41.1 Å². The van der Waals surface area contributed by atoms with Gasteiger partial charge in [-0.2, -0.15) is 9.61 Å². The van der Waals surface area contributed by atoms with Crippen LogP contribution in [0.3, 0.4) is 0 Å². The third-order valence-electron chi connectivity index (χ3n) is 4.60. The number of carbonyl (C=O) groups excluding carboxylic acids is 1. The second kappa shape index (κ2) is 9.35. The number of anilines is 1. The number of carbonyl (C=O) groups is 1. The standard InChI is InChI=1S/C21H16ClN5O5S/c1-12-8-19(28)26-21(24-12)33-18(25-26)11-32-20(29)15-9-14(27(30)31)6-7-17(15)23-10-13-4-2-3-5-16(13)22/h2-9,23H,10-11H2,1H3. The summed E-state index contributed by atoms with van der Waals surface area (Å²) in [5.74, 6) is -0.781. The fourth-order valence-electron chi connectivity index (χ4n) is 3.02. The number of nitrogens with zero attached hydrogens (tertiary/aromatic N) is 4. The monoisotopic (exact) mass is 485 g/mol. The van der Waals surface area contributed by atoms with E-state index >= 15 is 0 Å². The van der Waals surface area contributed by atoms with Crippen molar-refractivity contribution in [3.63, 3.8) is 0 Å². The van der Waals surface area contributed by atoms with Crippen molar-refractivity contribution in [2.24, 2.45) is 0 Å². The number of benzene rings is 2. The Kier molecular flexibility index (Phi) is 6.33. The van der Waals surface area contributed by atoms with Gasteiger partial charge >= 0.3 is 5.97 Å². The van der Waals surface area contributed by atoms with E-state index in [0.29, 0.717) is 32.9 Å². The van der Waals surface area contributed by atoms with E-state index in [4.69, 9.17) is 16.3 Å². The Bertz CT molecular complexity index is 1430. The quantitative estimate of drug-likeness (QED) is 0.236. The first kappa shape index (κ1) is 22.4. The van der Waals surface area contributed by atoms with Crippen LogP contribution in [-0.2, 0) is 17.9 Å². The van der Waals surface area contributed by atoms with Gasteiger partial charge in [-0.25, -0.2) is 9.78 Å². The van der Waals surface area contributed by atoms with Gasteiger partial charge in [0.25, 0.3) is 11.2 Å². The number of fused-ring (bicyclic) bond motifs is 1. The van der Waals surface area contributed by atoms with Crippen molar-refractivity contribution in [1.29, 1.82) is 0 Å². The van der Waals surface area contributed by atoms with E-state index < -0.39 is 10.9 Å². The Morgan fingerprint density at radius 1 is 1.27 bits per heavy atom. The first-order valence-electron chi connectivity index (χ1n) is 9.61. The largest absolute Gasteiger partial charge is 0.455 e. The summed E-state index contributed by atoms with van der Waals surface area (Å²) in [5, 5.41) is 19.3. The average molecular weight is 486 g/mol. The van der Waals surface area contributed by atoms with Crippen molar-refractivity contribution in [2.45, 2.75) is 20.1 Å². The molecule has 0 bridgehead atoms. The van der Waals surface area contributed by atoms with Crippen LogP contribution >= 0.6 is 22.9 Å². The molecule has 1 N–H and O–H groups in total. The molecule has 0 saturated carbocycles. The van der Waals surface area contributed by atoms with E-state index in [0.717, 1.165) is 27.5 Å². The number of non-ortho nitro benzene ring substituents is 1. The van der Waals surface area contributed by atoms with Crippen molar-refractivity contribution in [3.05, 3.63) is 95.9 Å². The van der Waals surface area contributed by atoms with E-state index in [1.54, 1.807) is 19.1 Å². The van der Waals surface area contributed by atoms with Crippen LogP contribution in [0.25, 0.3) is 4.96 Å². The van der Waals surface area contributed by atoms with E-state index in [1.165, 1.54) is 18.2 Å². The lowest BCUT2D eigenvalue weighted by molar-refractivity contribution is -0.384. The SMILES string of the molecule is Cc1cc(=O)n2nc(COC(=O)c3cc([N+](=O)[O-])ccc3NCc3ccccc3Cl)sc2n1. The van der Waals surface area contributed by atoms with E-state index in [9.17, 15) is 19.7 Å². The Morgan fingerprint density at radius 2 is 2.06 bits per heavy atom. The molecule has 0 fully saturated rings. The summed E-state index contributed by atoms with van der Waals surface area (Å²) in [6.07, 6.45) is 0. The second-order valence-corrected chi connectivity index (χ2v) is 8.38. The Labute approximate surface area is 195 Å². The van der Waals surface area contributed by atoms with Crippen LogP contribution in [0.1, 0.15) is 26.6 Å². The van der Waals surface area contributed by atoms with Gasteiger partial charge in [-0.15, -0.1) is 0 Å². The summed E-state index contributed by atoms with van der Waals surface area (Å²) < 4.78 is 6.47. The molecule has 0 atom stereocenters. The molecule has 0 aliphatic carbocycles. The van der Waals surface area contributed by atoms with Gasteiger partial charge < -0.3 is 10.1 Å². The van der Waals surface area contributed by atoms with Crippen molar-refractivity contribution >= 4 is 45.2 Å². The van der Waals surface area contributed by atoms with Crippen LogP contribution < -0.4 is 10.9 Å². The van der Waals surface area contributed by atoms with Gasteiger partial charge in [0.15, 0.2) is 5.01 Å². The highest BCUT2D eigenvalue weighted by molar-refractivity contribution is 7.16. The molecule has 0 aliphatic heterocycles. The third-order valence-corrected chi connectivity index (χ3v) is 5.85. The highest BCUT2D eigenvalue weighted by Gasteiger charge is 2.19. The predicted molar refractivity (Wildman–Crippen MR) is 123 cm³/mol. The number of hydrogen-bond donors (Lipinski definition) is 1. The minimum absolute atomic E-state index is 0.0106. The van der Waals surface area contributed by atoms with Gasteiger partial charge in [-0.3, -0.25) is 14.9 Å². The normalized spacial score (nSPS) is 10.8. The fraction of sp³-hybridized carbons (Fsp3) is 0.143. The molecule has 0 spiro atoms. The zero-order valence-corrected chi connectivity index (χ0v) is 18.7. The summed E-state index contributed by atoms with van der Waals surface area (Å²) in [6.45, 7) is 1.77. The highest BCUT2D eigenvalue weighted by Crippen LogP contribution is 2.25. The first-order valence-corrected chi connectivity index (χ1v) is 10.8. The van der Waals surface area contributed by atoms with Gasteiger partial charge in [0.1, 0.15) is 6.61 Å². The van der Waals surface area contributed by atoms with Crippen LogP contribution in [0.5, 0.6) is 0 Å². The molecule has 0 amide bonds. The summed E-state index contributed by atoms with van der Waals surface area (Å²) in [6, 6.07) is 12.4. The molecule has 168 valence electrons. The molecule has 2 aromatic carbocycles. The topological polar surface area (TPSA) is 129 Å². The van der Waals surface area contributed by atoms with Gasteiger partial charge in [-0.1, -0.05) is 41.1 Å². The first-order chi connectivity index (χ1) is 15.8. The fourth-order valence-corrected chi connectivity index (χ4v) is 4.08. The lowest BCUT2D eigenvalue weighted by atomic mass is 10.1. The molecule has 2 aromatic heterocycles. The summed E-state index contributed by atoms with van der Waals surface area (Å²) in [7, 11) is 0. The maximum absolute atomic E-state index is 12.8. The Morgan fingerprint density at radius 3 is 2.82 bits per heavy atom. The highest BCUT2D eigenvalue weighted by atomic mass is 35.5. The smallest absolute Gasteiger partial charge is 0.340 e. The number of halogens is 1. The molecular formula is C21H16ClN5O5S. The van der Waals surface area contributed by atoms with Gasteiger partial charge in [0.2, 0.25) is 4.96 Å². The van der Waals surface area contributed by atoms with Crippen LogP contribution in [0.15, 0.2) is 53.3 Å². The molecule has 33 heavy (non-hydrogen) atoms. The Hall–Kier alpha value is -3.83. The summed E-state index contributed by atoms with van der Waals surface area (Å²) in [5.41, 5.74) is 1.09. The van der Waals surface area contributed by atoms with Crippen molar-refractivity contribution in [3.8, 4) is 0 Å². The molecule has 10 nitrogen and oxygen atoms in total. The van der Waals surface area contributed by atoms with E-state index in [2.05, 4.69) is 15.4 Å². The summed E-state index contributed by atoms with van der Waals surface area (Å²) >= 11 is 7.28. The van der Waals surface area contributed by atoms with Crippen LogP contribution in [0, 0.1) is 17.0 Å². The molecule has 0 saturated heterocycles. The lowest BCUT2D eigenvalue weighted by Crippen LogP contribution is -2.15. The molecule has 12 heteroatoms. The zero-order chi connectivity index (χ0) is 23.5. The molecule has 0 aliphatic rings. The maximum atomic E-state index is 12.8. The molecular weight excluding hydrogens is 470 g/mol. The number of aromatic nitrogens is 3. The third kappa shape index (κ3) is 4.99. The number of rotatable bonds is 7. The second-order valence-electron chi connectivity index (χ2n) is 6.93. The lowest BCUT2D eigenvalue weighted by Gasteiger charge is -2.12.